The van der Waals surface area contributed by atoms with Gasteiger partial charge in [-0.05, 0) is 18.2 Å². The smallest absolute Gasteiger partial charge is 0.255 e. The fraction of sp³-hybridized carbons (Fsp3) is 0.385. The van der Waals surface area contributed by atoms with Crippen molar-refractivity contribution in [1.82, 2.24) is 10.2 Å². The third-order valence-corrected chi connectivity index (χ3v) is 2.80. The number of carbonyl (C=O) groups is 2. The lowest BCUT2D eigenvalue weighted by Crippen LogP contribution is -2.43. The standard InChI is InChI=1S/C13H15ClF2N2O3/c14-10-3-1-2-9(6-10)13(21)17-7-12(20)18(4-5-19)8-11(15)16/h1-3,6,11,19H,4-5,7-8H2,(H,17,21). The van der Waals surface area contributed by atoms with Crippen LogP contribution in [-0.2, 0) is 4.79 Å². The SMILES string of the molecule is O=C(NCC(=O)N(CCO)CC(F)F)c1cccc(Cl)c1. The van der Waals surface area contributed by atoms with Gasteiger partial charge in [0, 0.05) is 17.1 Å². The quantitative estimate of drug-likeness (QED) is 0.792. The van der Waals surface area contributed by atoms with Crippen LogP contribution in [-0.4, -0.2) is 54.5 Å². The summed E-state index contributed by atoms with van der Waals surface area (Å²) >= 11 is 5.73. The highest BCUT2D eigenvalue weighted by Crippen LogP contribution is 2.10. The summed E-state index contributed by atoms with van der Waals surface area (Å²) < 4.78 is 24.6. The minimum absolute atomic E-state index is 0.212. The highest BCUT2D eigenvalue weighted by molar-refractivity contribution is 6.30. The van der Waals surface area contributed by atoms with Crippen molar-refractivity contribution in [3.8, 4) is 0 Å². The van der Waals surface area contributed by atoms with Crippen LogP contribution >= 0.6 is 11.6 Å². The number of alkyl halides is 2. The molecule has 2 N–H and O–H groups in total. The topological polar surface area (TPSA) is 69.6 Å². The first-order valence-electron chi connectivity index (χ1n) is 6.14. The summed E-state index contributed by atoms with van der Waals surface area (Å²) in [7, 11) is 0. The van der Waals surface area contributed by atoms with Crippen molar-refractivity contribution >= 4 is 23.4 Å². The highest BCUT2D eigenvalue weighted by Gasteiger charge is 2.18. The molecular formula is C13H15ClF2N2O3. The molecule has 0 bridgehead atoms. The minimum Gasteiger partial charge on any atom is -0.395 e. The molecule has 0 saturated heterocycles. The first-order valence-corrected chi connectivity index (χ1v) is 6.52. The maximum Gasteiger partial charge on any atom is 0.255 e. The zero-order valence-electron chi connectivity index (χ0n) is 11.1. The van der Waals surface area contributed by atoms with E-state index in [2.05, 4.69) is 5.32 Å². The lowest BCUT2D eigenvalue weighted by atomic mass is 10.2. The van der Waals surface area contributed by atoms with Crippen molar-refractivity contribution in [3.63, 3.8) is 0 Å². The van der Waals surface area contributed by atoms with Crippen LogP contribution in [0, 0.1) is 0 Å². The number of benzene rings is 1. The van der Waals surface area contributed by atoms with Gasteiger partial charge in [0.25, 0.3) is 12.3 Å². The van der Waals surface area contributed by atoms with Gasteiger partial charge in [0.05, 0.1) is 19.7 Å². The predicted molar refractivity (Wildman–Crippen MR) is 73.5 cm³/mol. The number of carbonyl (C=O) groups excluding carboxylic acids is 2. The van der Waals surface area contributed by atoms with E-state index in [4.69, 9.17) is 16.7 Å². The Morgan fingerprint density at radius 3 is 2.67 bits per heavy atom. The van der Waals surface area contributed by atoms with Crippen LogP contribution in [0.15, 0.2) is 24.3 Å². The molecule has 2 amide bonds. The lowest BCUT2D eigenvalue weighted by Gasteiger charge is -2.21. The Kier molecular flexibility index (Phi) is 7.04. The fourth-order valence-corrected chi connectivity index (χ4v) is 1.79. The van der Waals surface area contributed by atoms with Crippen molar-refractivity contribution < 1.29 is 23.5 Å². The first-order chi connectivity index (χ1) is 9.93. The summed E-state index contributed by atoms with van der Waals surface area (Å²) in [6.07, 6.45) is -2.70. The Morgan fingerprint density at radius 1 is 1.38 bits per heavy atom. The van der Waals surface area contributed by atoms with Gasteiger partial charge in [0.15, 0.2) is 0 Å². The summed E-state index contributed by atoms with van der Waals surface area (Å²) in [4.78, 5) is 24.3. The van der Waals surface area contributed by atoms with Gasteiger partial charge in [0.2, 0.25) is 5.91 Å². The van der Waals surface area contributed by atoms with E-state index in [0.717, 1.165) is 4.90 Å². The number of halogens is 3. The maximum atomic E-state index is 12.3. The molecule has 0 spiro atoms. The van der Waals surface area contributed by atoms with Gasteiger partial charge < -0.3 is 15.3 Å². The molecule has 5 nitrogen and oxygen atoms in total. The molecule has 0 aromatic heterocycles. The van der Waals surface area contributed by atoms with Crippen LogP contribution in [0.25, 0.3) is 0 Å². The lowest BCUT2D eigenvalue weighted by molar-refractivity contribution is -0.132. The average Bonchev–Trinajstić information content (AvgIpc) is 2.43. The number of rotatable bonds is 7. The molecule has 0 aliphatic rings. The second-order valence-corrected chi connectivity index (χ2v) is 4.58. The van der Waals surface area contributed by atoms with Crippen LogP contribution in [0.1, 0.15) is 10.4 Å². The Balaban J connectivity index is 2.56. The molecule has 0 aliphatic heterocycles. The predicted octanol–water partition coefficient (Wildman–Crippen LogP) is 1.16. The zero-order valence-corrected chi connectivity index (χ0v) is 11.8. The molecular weight excluding hydrogens is 306 g/mol. The van der Waals surface area contributed by atoms with Crippen molar-refractivity contribution in [2.45, 2.75) is 6.43 Å². The number of amides is 2. The van der Waals surface area contributed by atoms with Crippen LogP contribution in [0.4, 0.5) is 8.78 Å². The Bertz CT molecular complexity index is 500. The number of aliphatic hydroxyl groups is 1. The number of hydrogen-bond acceptors (Lipinski definition) is 3. The number of hydrogen-bond donors (Lipinski definition) is 2. The molecule has 0 atom stereocenters. The first kappa shape index (κ1) is 17.3. The fourth-order valence-electron chi connectivity index (χ4n) is 1.60. The molecule has 8 heteroatoms. The van der Waals surface area contributed by atoms with Crippen molar-refractivity contribution in [1.29, 1.82) is 0 Å². The summed E-state index contributed by atoms with van der Waals surface area (Å²) in [5, 5.41) is 11.4. The molecule has 1 rings (SSSR count). The number of aliphatic hydroxyl groups excluding tert-OH is 1. The molecule has 0 heterocycles. The molecule has 21 heavy (non-hydrogen) atoms. The summed E-state index contributed by atoms with van der Waals surface area (Å²) in [6.45, 7) is -1.86. The van der Waals surface area contributed by atoms with Crippen molar-refractivity contribution in [3.05, 3.63) is 34.9 Å². The third kappa shape index (κ3) is 6.05. The van der Waals surface area contributed by atoms with Crippen LogP contribution < -0.4 is 5.32 Å². The minimum atomic E-state index is -2.70. The molecule has 116 valence electrons. The van der Waals surface area contributed by atoms with Gasteiger partial charge in [-0.3, -0.25) is 9.59 Å². The Hall–Kier alpha value is -1.73. The van der Waals surface area contributed by atoms with Crippen molar-refractivity contribution in [2.24, 2.45) is 0 Å². The van der Waals surface area contributed by atoms with E-state index < -0.39 is 37.9 Å². The van der Waals surface area contributed by atoms with E-state index in [0.29, 0.717) is 5.02 Å². The summed E-state index contributed by atoms with van der Waals surface area (Å²) in [6, 6.07) is 6.10. The van der Waals surface area contributed by atoms with Gasteiger partial charge in [-0.25, -0.2) is 8.78 Å². The second-order valence-electron chi connectivity index (χ2n) is 4.15. The molecule has 1 aromatic rings. The van der Waals surface area contributed by atoms with Gasteiger partial charge in [0.1, 0.15) is 0 Å². The third-order valence-electron chi connectivity index (χ3n) is 2.57. The summed E-state index contributed by atoms with van der Waals surface area (Å²) in [5.74, 6) is -1.23. The number of nitrogens with zero attached hydrogens (tertiary/aromatic N) is 1. The zero-order chi connectivity index (χ0) is 15.8. The van der Waals surface area contributed by atoms with Gasteiger partial charge >= 0.3 is 0 Å². The molecule has 0 unspecified atom stereocenters. The van der Waals surface area contributed by atoms with E-state index in [1.165, 1.54) is 12.1 Å². The number of nitrogens with one attached hydrogen (secondary N) is 1. The van der Waals surface area contributed by atoms with E-state index in [1.54, 1.807) is 12.1 Å². The highest BCUT2D eigenvalue weighted by atomic mass is 35.5. The summed E-state index contributed by atoms with van der Waals surface area (Å²) in [5.41, 5.74) is 0.262. The molecule has 0 fully saturated rings. The normalized spacial score (nSPS) is 10.5. The average molecular weight is 321 g/mol. The van der Waals surface area contributed by atoms with Gasteiger partial charge in [-0.1, -0.05) is 17.7 Å². The van der Waals surface area contributed by atoms with E-state index >= 15 is 0 Å². The molecule has 1 aromatic carbocycles. The van der Waals surface area contributed by atoms with Crippen LogP contribution in [0.3, 0.4) is 0 Å². The van der Waals surface area contributed by atoms with E-state index in [-0.39, 0.29) is 12.1 Å². The monoisotopic (exact) mass is 320 g/mol. The van der Waals surface area contributed by atoms with Gasteiger partial charge in [-0.2, -0.15) is 0 Å². The second kappa shape index (κ2) is 8.53. The Morgan fingerprint density at radius 2 is 2.10 bits per heavy atom. The van der Waals surface area contributed by atoms with E-state index in [1.807, 2.05) is 0 Å². The van der Waals surface area contributed by atoms with Crippen molar-refractivity contribution in [2.75, 3.05) is 26.2 Å². The van der Waals surface area contributed by atoms with Gasteiger partial charge in [-0.15, -0.1) is 0 Å². The molecule has 0 aliphatic carbocycles. The largest absolute Gasteiger partial charge is 0.395 e. The van der Waals surface area contributed by atoms with Crippen LogP contribution in [0.2, 0.25) is 5.02 Å². The van der Waals surface area contributed by atoms with Crippen LogP contribution in [0.5, 0.6) is 0 Å². The molecule has 0 saturated carbocycles. The maximum absolute atomic E-state index is 12.3. The Labute approximate surface area is 125 Å². The van der Waals surface area contributed by atoms with E-state index in [9.17, 15) is 18.4 Å². The molecule has 0 radical (unpaired) electrons.